The van der Waals surface area contributed by atoms with Gasteiger partial charge in [0.15, 0.2) is 16.6 Å². The number of nitrogens with zero attached hydrogens (tertiary/aromatic N) is 2. The number of aromatic nitrogens is 1. The number of rotatable bonds is 4. The van der Waals surface area contributed by atoms with E-state index in [4.69, 9.17) is 17.0 Å². The molecule has 0 aliphatic carbocycles. The Labute approximate surface area is 180 Å². The Bertz CT molecular complexity index is 838. The number of benzene rings is 2. The molecule has 8 heteroatoms. The molecular formula is C20H20CuN4O2S. The van der Waals surface area contributed by atoms with Crippen molar-refractivity contribution in [3.8, 4) is 11.5 Å². The van der Waals surface area contributed by atoms with Crippen LogP contribution in [0.3, 0.4) is 0 Å². The summed E-state index contributed by atoms with van der Waals surface area (Å²) in [5, 5.41) is 17.2. The summed E-state index contributed by atoms with van der Waals surface area (Å²) in [6.07, 6.45) is 4.97. The third-order valence-electron chi connectivity index (χ3n) is 3.22. The Morgan fingerprint density at radius 2 is 1.71 bits per heavy atom. The fraction of sp³-hybridized carbons (Fsp3) is 0.0500. The van der Waals surface area contributed by atoms with Crippen LogP contribution in [0.15, 0.2) is 84.2 Å². The maximum Gasteiger partial charge on any atom is 0.191 e. The average Bonchev–Trinajstić information content (AvgIpc) is 2.72. The van der Waals surface area contributed by atoms with E-state index in [1.807, 2.05) is 48.5 Å². The molecule has 1 aromatic heterocycles. The van der Waals surface area contributed by atoms with E-state index < -0.39 is 0 Å². The summed E-state index contributed by atoms with van der Waals surface area (Å²) in [6.45, 7) is 0. The van der Waals surface area contributed by atoms with Crippen LogP contribution in [-0.4, -0.2) is 28.5 Å². The summed E-state index contributed by atoms with van der Waals surface area (Å²) in [5.41, 5.74) is 4.08. The van der Waals surface area contributed by atoms with Gasteiger partial charge in [0.2, 0.25) is 0 Å². The van der Waals surface area contributed by atoms with Crippen molar-refractivity contribution in [3.05, 3.63) is 84.7 Å². The summed E-state index contributed by atoms with van der Waals surface area (Å²) in [7, 11) is 1.49. The molecule has 0 amide bonds. The molecule has 0 saturated heterocycles. The van der Waals surface area contributed by atoms with Crippen molar-refractivity contribution in [2.45, 2.75) is 0 Å². The Kier molecular flexibility index (Phi) is 11.0. The quantitative estimate of drug-likeness (QED) is 0.246. The average molecular weight is 444 g/mol. The minimum Gasteiger partial charge on any atom is -0.504 e. The topological polar surface area (TPSA) is 78.8 Å². The van der Waals surface area contributed by atoms with Crippen LogP contribution >= 0.6 is 12.2 Å². The van der Waals surface area contributed by atoms with Gasteiger partial charge in [-0.2, -0.15) is 5.10 Å². The van der Waals surface area contributed by atoms with Crippen molar-refractivity contribution in [1.82, 2.24) is 10.4 Å². The third-order valence-corrected chi connectivity index (χ3v) is 3.41. The molecule has 0 spiro atoms. The smallest absolute Gasteiger partial charge is 0.191 e. The zero-order valence-corrected chi connectivity index (χ0v) is 16.8. The van der Waals surface area contributed by atoms with E-state index in [-0.39, 0.29) is 22.8 Å². The van der Waals surface area contributed by atoms with Crippen LogP contribution in [0.2, 0.25) is 0 Å². The van der Waals surface area contributed by atoms with E-state index in [9.17, 15) is 5.11 Å². The predicted molar refractivity (Wildman–Crippen MR) is 112 cm³/mol. The van der Waals surface area contributed by atoms with Crippen LogP contribution in [0.5, 0.6) is 11.5 Å². The number of para-hydroxylation sites is 2. The Morgan fingerprint density at radius 1 is 1.04 bits per heavy atom. The third kappa shape index (κ3) is 8.18. The normalized spacial score (nSPS) is 9.46. The molecule has 0 bridgehead atoms. The minimum atomic E-state index is 0. The van der Waals surface area contributed by atoms with Crippen molar-refractivity contribution < 1.29 is 26.9 Å². The first kappa shape index (κ1) is 23.1. The molecule has 1 heterocycles. The fourth-order valence-corrected chi connectivity index (χ4v) is 2.13. The standard InChI is InChI=1S/C15H15N3O2S.C5H5N.Cu/c1-20-13-9-5-6-11(14(13)19)10-16-18-15(21)17-12-7-3-2-4-8-12;1-2-4-6-5-3-1;/h2-10,19H,1H3,(H2,17,18,21);1-5H;/b16-10+;;. The van der Waals surface area contributed by atoms with Crippen LogP contribution in [0.25, 0.3) is 0 Å². The molecule has 3 aromatic rings. The number of phenolic OH excluding ortho intramolecular Hbond substituents is 1. The molecule has 1 radical (unpaired) electrons. The maximum absolute atomic E-state index is 9.90. The monoisotopic (exact) mass is 443 g/mol. The Morgan fingerprint density at radius 3 is 2.29 bits per heavy atom. The number of thiocarbonyl (C=S) groups is 1. The second-order valence-corrected chi connectivity index (χ2v) is 5.52. The van der Waals surface area contributed by atoms with E-state index in [2.05, 4.69) is 20.8 Å². The second-order valence-electron chi connectivity index (χ2n) is 5.11. The van der Waals surface area contributed by atoms with Crippen LogP contribution in [0.1, 0.15) is 5.56 Å². The van der Waals surface area contributed by atoms with E-state index in [1.54, 1.807) is 30.6 Å². The van der Waals surface area contributed by atoms with Gasteiger partial charge in [-0.25, -0.2) is 0 Å². The second kappa shape index (κ2) is 13.3. The van der Waals surface area contributed by atoms with Crippen molar-refractivity contribution >= 4 is 29.2 Å². The van der Waals surface area contributed by atoms with Gasteiger partial charge in [0, 0.05) is 40.7 Å². The van der Waals surface area contributed by atoms with Crippen LogP contribution in [0, 0.1) is 0 Å². The first-order valence-electron chi connectivity index (χ1n) is 8.07. The number of pyridine rings is 1. The maximum atomic E-state index is 9.90. The van der Waals surface area contributed by atoms with Gasteiger partial charge in [-0.3, -0.25) is 10.4 Å². The molecule has 0 aliphatic heterocycles. The zero-order chi connectivity index (χ0) is 19.3. The minimum absolute atomic E-state index is 0. The predicted octanol–water partition coefficient (Wildman–Crippen LogP) is 3.80. The Balaban J connectivity index is 0.000000478. The zero-order valence-electron chi connectivity index (χ0n) is 15.0. The number of hydrazone groups is 1. The molecule has 0 atom stereocenters. The van der Waals surface area contributed by atoms with Gasteiger partial charge in [-0.05, 0) is 48.6 Å². The molecule has 28 heavy (non-hydrogen) atoms. The summed E-state index contributed by atoms with van der Waals surface area (Å²) in [4.78, 5) is 3.78. The number of aromatic hydroxyl groups is 1. The number of nitrogens with one attached hydrogen (secondary N) is 2. The Hall–Kier alpha value is -2.93. The van der Waals surface area contributed by atoms with Crippen molar-refractivity contribution in [1.29, 1.82) is 0 Å². The first-order valence-corrected chi connectivity index (χ1v) is 8.47. The number of hydrogen-bond acceptors (Lipinski definition) is 5. The largest absolute Gasteiger partial charge is 0.504 e. The van der Waals surface area contributed by atoms with Crippen LogP contribution < -0.4 is 15.5 Å². The SMILES string of the molecule is COc1cccc(/C=N/NC(=S)Nc2ccccc2)c1O.[Cu].c1ccncc1. The molecule has 3 rings (SSSR count). The number of phenols is 1. The van der Waals surface area contributed by atoms with Gasteiger partial charge in [-0.15, -0.1) is 0 Å². The fourth-order valence-electron chi connectivity index (χ4n) is 1.96. The first-order chi connectivity index (χ1) is 13.2. The van der Waals surface area contributed by atoms with E-state index in [1.165, 1.54) is 13.3 Å². The molecule has 0 fully saturated rings. The molecule has 6 nitrogen and oxygen atoms in total. The molecule has 0 aliphatic rings. The molecule has 3 N–H and O–H groups in total. The number of ether oxygens (including phenoxy) is 1. The van der Waals surface area contributed by atoms with Gasteiger partial charge in [0.05, 0.1) is 13.3 Å². The van der Waals surface area contributed by atoms with Gasteiger partial charge in [-0.1, -0.05) is 30.3 Å². The summed E-state index contributed by atoms with van der Waals surface area (Å²) in [5.74, 6) is 0.427. The molecule has 149 valence electrons. The molecule has 2 aromatic carbocycles. The molecule has 0 unspecified atom stereocenters. The molecule has 0 saturated carbocycles. The summed E-state index contributed by atoms with van der Waals surface area (Å²) < 4.78 is 5.02. The molecular weight excluding hydrogens is 424 g/mol. The summed E-state index contributed by atoms with van der Waals surface area (Å²) >= 11 is 5.11. The number of anilines is 1. The number of methoxy groups -OCH3 is 1. The van der Waals surface area contributed by atoms with Crippen LogP contribution in [-0.2, 0) is 17.1 Å². The van der Waals surface area contributed by atoms with Crippen molar-refractivity contribution in [3.63, 3.8) is 0 Å². The van der Waals surface area contributed by atoms with Gasteiger partial charge >= 0.3 is 0 Å². The van der Waals surface area contributed by atoms with Gasteiger partial charge in [0.25, 0.3) is 0 Å². The van der Waals surface area contributed by atoms with Crippen LogP contribution in [0.4, 0.5) is 5.69 Å². The number of hydrogen-bond donors (Lipinski definition) is 3. The van der Waals surface area contributed by atoms with E-state index in [0.717, 1.165) is 5.69 Å². The van der Waals surface area contributed by atoms with E-state index in [0.29, 0.717) is 16.4 Å². The van der Waals surface area contributed by atoms with Gasteiger partial charge in [0.1, 0.15) is 0 Å². The van der Waals surface area contributed by atoms with Crippen molar-refractivity contribution in [2.75, 3.05) is 12.4 Å². The van der Waals surface area contributed by atoms with E-state index >= 15 is 0 Å². The summed E-state index contributed by atoms with van der Waals surface area (Å²) in [6, 6.07) is 20.4. The van der Waals surface area contributed by atoms with Crippen molar-refractivity contribution in [2.24, 2.45) is 5.10 Å². The van der Waals surface area contributed by atoms with Gasteiger partial charge < -0.3 is 15.2 Å².